The maximum absolute atomic E-state index is 11.7. The summed E-state index contributed by atoms with van der Waals surface area (Å²) in [7, 11) is 0. The third-order valence-corrected chi connectivity index (χ3v) is 2.86. The van der Waals surface area contributed by atoms with Gasteiger partial charge in [-0.1, -0.05) is 0 Å². The van der Waals surface area contributed by atoms with Crippen LogP contribution in [0.4, 0.5) is 0 Å². The topological polar surface area (TPSA) is 84.5 Å². The second-order valence-corrected chi connectivity index (χ2v) is 4.85. The van der Waals surface area contributed by atoms with Gasteiger partial charge in [-0.3, -0.25) is 9.59 Å². The Bertz CT molecular complexity index is 670. The molecule has 23 heavy (non-hydrogen) atoms. The normalized spacial score (nSPS) is 12.6. The number of nitrogens with one attached hydrogen (secondary N) is 2. The number of amides is 2. The quantitative estimate of drug-likeness (QED) is 0.768. The Morgan fingerprint density at radius 1 is 1.04 bits per heavy atom. The van der Waals surface area contributed by atoms with Gasteiger partial charge in [-0.15, -0.1) is 0 Å². The highest BCUT2D eigenvalue weighted by Crippen LogP contribution is 2.02. The van der Waals surface area contributed by atoms with Gasteiger partial charge in [0.2, 0.25) is 11.8 Å². The van der Waals surface area contributed by atoms with Gasteiger partial charge in [-0.2, -0.15) is 0 Å². The average molecular weight is 314 g/mol. The molecule has 2 N–H and O–H groups in total. The Kier molecular flexibility index (Phi) is 5.99. The van der Waals surface area contributed by atoms with E-state index in [1.54, 1.807) is 43.3 Å². The van der Waals surface area contributed by atoms with Crippen molar-refractivity contribution in [1.29, 1.82) is 0 Å². The zero-order valence-corrected chi connectivity index (χ0v) is 12.7. The number of hydrogen-bond donors (Lipinski definition) is 2. The smallest absolute Gasteiger partial charge is 0.244 e. The summed E-state index contributed by atoms with van der Waals surface area (Å²) < 4.78 is 10.2. The van der Waals surface area contributed by atoms with E-state index in [2.05, 4.69) is 10.6 Å². The highest BCUT2D eigenvalue weighted by atomic mass is 16.3. The van der Waals surface area contributed by atoms with Crippen LogP contribution >= 0.6 is 0 Å². The van der Waals surface area contributed by atoms with E-state index in [1.165, 1.54) is 24.7 Å². The first-order valence-corrected chi connectivity index (χ1v) is 7.15. The van der Waals surface area contributed by atoms with Crippen molar-refractivity contribution in [2.45, 2.75) is 13.0 Å². The van der Waals surface area contributed by atoms with Crippen LogP contribution in [0.25, 0.3) is 12.2 Å². The van der Waals surface area contributed by atoms with Crippen LogP contribution in [0.1, 0.15) is 18.4 Å². The SMILES string of the molecule is CC(CNC(=O)/C=C/c1ccco1)NC(=O)/C=C/c1ccco1. The summed E-state index contributed by atoms with van der Waals surface area (Å²) in [6.07, 6.45) is 8.98. The Morgan fingerprint density at radius 3 is 2.13 bits per heavy atom. The predicted molar refractivity (Wildman–Crippen MR) is 86.1 cm³/mol. The van der Waals surface area contributed by atoms with Gasteiger partial charge in [-0.05, 0) is 43.3 Å². The van der Waals surface area contributed by atoms with Crippen LogP contribution in [-0.2, 0) is 9.59 Å². The van der Waals surface area contributed by atoms with Gasteiger partial charge in [0.1, 0.15) is 11.5 Å². The lowest BCUT2D eigenvalue weighted by atomic mass is 10.3. The summed E-state index contributed by atoms with van der Waals surface area (Å²) in [5.41, 5.74) is 0. The van der Waals surface area contributed by atoms with Gasteiger partial charge in [0.05, 0.1) is 12.5 Å². The lowest BCUT2D eigenvalue weighted by Gasteiger charge is -2.12. The van der Waals surface area contributed by atoms with Crippen molar-refractivity contribution < 1.29 is 18.4 Å². The van der Waals surface area contributed by atoms with E-state index in [-0.39, 0.29) is 17.9 Å². The fourth-order valence-corrected chi connectivity index (χ4v) is 1.74. The van der Waals surface area contributed by atoms with Gasteiger partial charge in [0.15, 0.2) is 0 Å². The van der Waals surface area contributed by atoms with Crippen LogP contribution in [0.15, 0.2) is 57.8 Å². The third kappa shape index (κ3) is 6.09. The zero-order chi connectivity index (χ0) is 16.5. The summed E-state index contributed by atoms with van der Waals surface area (Å²) in [6.45, 7) is 2.12. The maximum atomic E-state index is 11.7. The molecule has 2 heterocycles. The van der Waals surface area contributed by atoms with E-state index in [0.29, 0.717) is 18.1 Å². The Balaban J connectivity index is 1.69. The van der Waals surface area contributed by atoms with Crippen molar-refractivity contribution in [3.8, 4) is 0 Å². The second kappa shape index (κ2) is 8.43. The van der Waals surface area contributed by atoms with Crippen LogP contribution in [0.5, 0.6) is 0 Å². The first kappa shape index (κ1) is 16.4. The lowest BCUT2D eigenvalue weighted by Crippen LogP contribution is -2.40. The number of carbonyl (C=O) groups excluding carboxylic acids is 2. The van der Waals surface area contributed by atoms with Crippen molar-refractivity contribution in [2.75, 3.05) is 6.54 Å². The van der Waals surface area contributed by atoms with E-state index in [9.17, 15) is 9.59 Å². The molecule has 1 unspecified atom stereocenters. The molecule has 2 aromatic heterocycles. The van der Waals surface area contributed by atoms with Crippen molar-refractivity contribution in [3.05, 3.63) is 60.5 Å². The van der Waals surface area contributed by atoms with Crippen LogP contribution in [0.2, 0.25) is 0 Å². The molecule has 120 valence electrons. The van der Waals surface area contributed by atoms with E-state index < -0.39 is 0 Å². The van der Waals surface area contributed by atoms with Gasteiger partial charge in [0.25, 0.3) is 0 Å². The minimum absolute atomic E-state index is 0.204. The molecule has 0 aliphatic heterocycles. The van der Waals surface area contributed by atoms with Crippen molar-refractivity contribution in [3.63, 3.8) is 0 Å². The molecule has 0 bridgehead atoms. The second-order valence-electron chi connectivity index (χ2n) is 4.85. The molecule has 0 saturated carbocycles. The summed E-state index contributed by atoms with van der Waals surface area (Å²) in [5.74, 6) is 0.691. The van der Waals surface area contributed by atoms with E-state index in [0.717, 1.165) is 0 Å². The Morgan fingerprint density at radius 2 is 1.61 bits per heavy atom. The third-order valence-electron chi connectivity index (χ3n) is 2.86. The number of rotatable bonds is 7. The van der Waals surface area contributed by atoms with Gasteiger partial charge in [0, 0.05) is 24.7 Å². The molecule has 0 spiro atoms. The number of carbonyl (C=O) groups is 2. The predicted octanol–water partition coefficient (Wildman–Crippen LogP) is 2.22. The monoisotopic (exact) mass is 314 g/mol. The highest BCUT2D eigenvalue weighted by molar-refractivity contribution is 5.92. The van der Waals surface area contributed by atoms with Crippen molar-refractivity contribution >= 4 is 24.0 Å². The molecule has 0 aliphatic carbocycles. The molecule has 6 nitrogen and oxygen atoms in total. The van der Waals surface area contributed by atoms with Crippen LogP contribution in [0, 0.1) is 0 Å². The molecule has 0 aromatic carbocycles. The van der Waals surface area contributed by atoms with Crippen molar-refractivity contribution in [1.82, 2.24) is 10.6 Å². The summed E-state index contributed by atoms with van der Waals surface area (Å²) in [4.78, 5) is 23.3. The number of furan rings is 2. The van der Waals surface area contributed by atoms with E-state index in [4.69, 9.17) is 8.83 Å². The zero-order valence-electron chi connectivity index (χ0n) is 12.7. The molecule has 0 fully saturated rings. The summed E-state index contributed by atoms with van der Waals surface area (Å²) in [6, 6.07) is 6.78. The van der Waals surface area contributed by atoms with Crippen LogP contribution in [0.3, 0.4) is 0 Å². The van der Waals surface area contributed by atoms with Gasteiger partial charge >= 0.3 is 0 Å². The molecular weight excluding hydrogens is 296 g/mol. The summed E-state index contributed by atoms with van der Waals surface area (Å²) in [5, 5.41) is 5.44. The standard InChI is InChI=1S/C17H18N2O4/c1-13(19-17(21)9-7-15-5-3-11-23-15)12-18-16(20)8-6-14-4-2-10-22-14/h2-11,13H,12H2,1H3,(H,18,20)(H,19,21)/b8-6+,9-7+. The van der Waals surface area contributed by atoms with Crippen LogP contribution in [-0.4, -0.2) is 24.4 Å². The Hall–Kier alpha value is -3.02. The molecule has 0 aliphatic rings. The molecular formula is C17H18N2O4. The highest BCUT2D eigenvalue weighted by Gasteiger charge is 2.06. The minimum atomic E-state index is -0.256. The summed E-state index contributed by atoms with van der Waals surface area (Å²) >= 11 is 0. The molecule has 2 amide bonds. The molecule has 6 heteroatoms. The van der Waals surface area contributed by atoms with Crippen molar-refractivity contribution in [2.24, 2.45) is 0 Å². The fourth-order valence-electron chi connectivity index (χ4n) is 1.74. The fraction of sp³-hybridized carbons (Fsp3) is 0.176. The van der Waals surface area contributed by atoms with Gasteiger partial charge in [-0.25, -0.2) is 0 Å². The largest absolute Gasteiger partial charge is 0.465 e. The molecule has 1 atom stereocenters. The van der Waals surface area contributed by atoms with E-state index >= 15 is 0 Å². The molecule has 2 rings (SSSR count). The lowest BCUT2D eigenvalue weighted by molar-refractivity contribution is -0.118. The molecule has 2 aromatic rings. The Labute approximate surface area is 133 Å². The first-order valence-electron chi connectivity index (χ1n) is 7.15. The number of hydrogen-bond acceptors (Lipinski definition) is 4. The minimum Gasteiger partial charge on any atom is -0.465 e. The maximum Gasteiger partial charge on any atom is 0.244 e. The van der Waals surface area contributed by atoms with E-state index in [1.807, 2.05) is 0 Å². The van der Waals surface area contributed by atoms with Gasteiger partial charge < -0.3 is 19.5 Å². The average Bonchev–Trinajstić information content (AvgIpc) is 3.22. The van der Waals surface area contributed by atoms with Crippen LogP contribution < -0.4 is 10.6 Å². The molecule has 0 saturated heterocycles. The molecule has 0 radical (unpaired) electrons. The first-order chi connectivity index (χ1) is 11.1.